The Hall–Kier alpha value is -3.10. The van der Waals surface area contributed by atoms with Crippen LogP contribution in [0.4, 0.5) is 17.6 Å². The van der Waals surface area contributed by atoms with E-state index in [1.807, 2.05) is 0 Å². The van der Waals surface area contributed by atoms with Gasteiger partial charge in [-0.3, -0.25) is 0 Å². The predicted molar refractivity (Wildman–Crippen MR) is 106 cm³/mol. The number of halogens is 4. The molecule has 0 saturated carbocycles. The Morgan fingerprint density at radius 2 is 1.55 bits per heavy atom. The molecule has 0 aliphatic carbocycles. The zero-order valence-electron chi connectivity index (χ0n) is 16.5. The summed E-state index contributed by atoms with van der Waals surface area (Å²) in [6, 6.07) is 17.2. The molecule has 3 aromatic rings. The number of aliphatic hydroxyl groups is 1. The van der Waals surface area contributed by atoms with Crippen molar-refractivity contribution in [1.82, 2.24) is 0 Å². The fraction of sp³-hybridized carbons (Fsp3) is 0.217. The van der Waals surface area contributed by atoms with Crippen LogP contribution in [0.3, 0.4) is 0 Å². The molecule has 1 atom stereocenters. The minimum atomic E-state index is -4.98. The lowest BCUT2D eigenvalue weighted by Crippen LogP contribution is -2.46. The van der Waals surface area contributed by atoms with Crippen molar-refractivity contribution in [2.75, 3.05) is 13.7 Å². The molecule has 3 aromatic carbocycles. The van der Waals surface area contributed by atoms with Crippen LogP contribution in [0.15, 0.2) is 72.8 Å². The highest BCUT2D eigenvalue weighted by Crippen LogP contribution is 2.40. The summed E-state index contributed by atoms with van der Waals surface area (Å²) in [4.78, 5) is 0. The minimum absolute atomic E-state index is 0.0893. The van der Waals surface area contributed by atoms with Crippen LogP contribution in [0, 0.1) is 5.82 Å². The van der Waals surface area contributed by atoms with Gasteiger partial charge in [0.1, 0.15) is 11.5 Å². The Morgan fingerprint density at radius 3 is 2.16 bits per heavy atom. The fourth-order valence-corrected chi connectivity index (χ4v) is 2.84. The molecule has 0 saturated heterocycles. The molecule has 164 valence electrons. The van der Waals surface area contributed by atoms with Crippen LogP contribution < -0.4 is 9.47 Å². The molecule has 1 N–H and O–H groups in total. The highest BCUT2D eigenvalue weighted by Gasteiger charge is 2.55. The third kappa shape index (κ3) is 5.34. The van der Waals surface area contributed by atoms with E-state index >= 15 is 0 Å². The number of ether oxygens (including phenoxy) is 3. The zero-order valence-corrected chi connectivity index (χ0v) is 16.5. The van der Waals surface area contributed by atoms with Gasteiger partial charge in [-0.2, -0.15) is 13.2 Å². The number of hydrogen-bond acceptors (Lipinski definition) is 4. The third-order valence-corrected chi connectivity index (χ3v) is 4.58. The van der Waals surface area contributed by atoms with Crippen molar-refractivity contribution in [2.45, 2.75) is 18.4 Å². The minimum Gasteiger partial charge on any atom is -0.497 e. The smallest absolute Gasteiger partial charge is 0.423 e. The molecule has 0 radical (unpaired) electrons. The number of benzene rings is 3. The summed E-state index contributed by atoms with van der Waals surface area (Å²) in [5, 5.41) is 10.4. The van der Waals surface area contributed by atoms with Gasteiger partial charge < -0.3 is 19.3 Å². The average Bonchev–Trinajstić information content (AvgIpc) is 2.76. The molecule has 8 heteroatoms. The lowest BCUT2D eigenvalue weighted by atomic mass is 9.94. The van der Waals surface area contributed by atoms with E-state index in [0.29, 0.717) is 17.1 Å². The summed E-state index contributed by atoms with van der Waals surface area (Å²) in [5.74, 6) is 0.0445. The molecule has 0 aliphatic heterocycles. The first kappa shape index (κ1) is 22.6. The first-order chi connectivity index (χ1) is 14.7. The second-order valence-corrected chi connectivity index (χ2v) is 6.76. The molecule has 0 aliphatic rings. The van der Waals surface area contributed by atoms with Crippen molar-refractivity contribution in [3.63, 3.8) is 0 Å². The summed E-state index contributed by atoms with van der Waals surface area (Å²) in [6.45, 7) is -1.34. The lowest BCUT2D eigenvalue weighted by molar-refractivity contribution is -0.283. The van der Waals surface area contributed by atoms with E-state index in [1.54, 1.807) is 30.3 Å². The van der Waals surface area contributed by atoms with Crippen molar-refractivity contribution in [1.29, 1.82) is 0 Å². The first-order valence-corrected chi connectivity index (χ1v) is 9.25. The molecule has 0 fully saturated rings. The maximum absolute atomic E-state index is 14.0. The lowest BCUT2D eigenvalue weighted by Gasteiger charge is -2.30. The van der Waals surface area contributed by atoms with Crippen LogP contribution in [0.1, 0.15) is 11.1 Å². The number of hydrogen-bond donors (Lipinski definition) is 1. The molecule has 0 aromatic heterocycles. The van der Waals surface area contributed by atoms with Crippen LogP contribution in [-0.4, -0.2) is 25.0 Å². The summed E-state index contributed by atoms with van der Waals surface area (Å²) in [6.07, 6.45) is -4.98. The monoisotopic (exact) mass is 436 g/mol. The van der Waals surface area contributed by atoms with E-state index in [2.05, 4.69) is 0 Å². The van der Waals surface area contributed by atoms with Gasteiger partial charge >= 0.3 is 6.18 Å². The normalized spacial score (nSPS) is 13.5. The molecular weight excluding hydrogens is 416 g/mol. The number of methoxy groups -OCH3 is 1. The highest BCUT2D eigenvalue weighted by atomic mass is 19.4. The summed E-state index contributed by atoms with van der Waals surface area (Å²) in [7, 11) is 1.38. The summed E-state index contributed by atoms with van der Waals surface area (Å²) < 4.78 is 70.5. The van der Waals surface area contributed by atoms with Gasteiger partial charge in [0, 0.05) is 0 Å². The molecule has 0 heterocycles. The van der Waals surface area contributed by atoms with Crippen LogP contribution >= 0.6 is 0 Å². The second kappa shape index (κ2) is 9.36. The van der Waals surface area contributed by atoms with Gasteiger partial charge in [-0.1, -0.05) is 36.4 Å². The molecular formula is C23H20F4O4. The predicted octanol–water partition coefficient (Wildman–Crippen LogP) is 5.59. The standard InChI is InChI=1S/C23H20F4O4/c1-29-18-10-8-17(9-11-18)22(28,23(25,26)27)15-30-14-16-7-12-20(24)21(13-16)31-19-5-3-2-4-6-19/h2-13,28H,14-15H2,1H3. The first-order valence-electron chi connectivity index (χ1n) is 9.25. The van der Waals surface area contributed by atoms with Crippen molar-refractivity contribution < 1.29 is 36.9 Å². The highest BCUT2D eigenvalue weighted by molar-refractivity contribution is 5.35. The number of alkyl halides is 3. The molecule has 0 spiro atoms. The topological polar surface area (TPSA) is 47.9 Å². The van der Waals surface area contributed by atoms with Gasteiger partial charge in [-0.25, -0.2) is 4.39 Å². The van der Waals surface area contributed by atoms with Crippen molar-refractivity contribution >= 4 is 0 Å². The second-order valence-electron chi connectivity index (χ2n) is 6.76. The van der Waals surface area contributed by atoms with Gasteiger partial charge in [0.25, 0.3) is 0 Å². The maximum Gasteiger partial charge on any atom is 0.423 e. The van der Waals surface area contributed by atoms with E-state index in [9.17, 15) is 22.7 Å². The molecule has 0 bridgehead atoms. The van der Waals surface area contributed by atoms with Gasteiger partial charge in [0.05, 0.1) is 20.3 Å². The number of para-hydroxylation sites is 1. The molecule has 31 heavy (non-hydrogen) atoms. The largest absolute Gasteiger partial charge is 0.497 e. The summed E-state index contributed by atoms with van der Waals surface area (Å²) >= 11 is 0. The Balaban J connectivity index is 1.72. The SMILES string of the molecule is COc1ccc(C(O)(COCc2ccc(F)c(Oc3ccccc3)c2)C(F)(F)F)cc1. The maximum atomic E-state index is 14.0. The molecule has 3 rings (SSSR count). The summed E-state index contributed by atoms with van der Waals surface area (Å²) in [5.41, 5.74) is -3.22. The Morgan fingerprint density at radius 1 is 0.871 bits per heavy atom. The molecule has 1 unspecified atom stereocenters. The van der Waals surface area contributed by atoms with Gasteiger partial charge in [0.2, 0.25) is 5.60 Å². The van der Waals surface area contributed by atoms with Crippen molar-refractivity contribution in [2.24, 2.45) is 0 Å². The van der Waals surface area contributed by atoms with Crippen LogP contribution in [-0.2, 0) is 16.9 Å². The Labute approximate surface area is 176 Å². The van der Waals surface area contributed by atoms with Crippen LogP contribution in [0.2, 0.25) is 0 Å². The van der Waals surface area contributed by atoms with Gasteiger partial charge in [-0.15, -0.1) is 0 Å². The Bertz CT molecular complexity index is 991. The zero-order chi connectivity index (χ0) is 22.5. The van der Waals surface area contributed by atoms with E-state index in [1.165, 1.54) is 31.4 Å². The van der Waals surface area contributed by atoms with E-state index in [4.69, 9.17) is 14.2 Å². The van der Waals surface area contributed by atoms with Crippen LogP contribution in [0.25, 0.3) is 0 Å². The van der Waals surface area contributed by atoms with Crippen molar-refractivity contribution in [3.05, 3.63) is 89.7 Å². The van der Waals surface area contributed by atoms with Crippen LogP contribution in [0.5, 0.6) is 17.2 Å². The van der Waals surface area contributed by atoms with E-state index < -0.39 is 24.2 Å². The quantitative estimate of drug-likeness (QED) is 0.468. The third-order valence-electron chi connectivity index (χ3n) is 4.58. The van der Waals surface area contributed by atoms with Gasteiger partial charge in [-0.05, 0) is 47.5 Å². The fourth-order valence-electron chi connectivity index (χ4n) is 2.84. The number of rotatable bonds is 8. The average molecular weight is 436 g/mol. The molecule has 0 amide bonds. The van der Waals surface area contributed by atoms with E-state index in [0.717, 1.165) is 18.2 Å². The van der Waals surface area contributed by atoms with Crippen molar-refractivity contribution in [3.8, 4) is 17.2 Å². The van der Waals surface area contributed by atoms with Gasteiger partial charge in [0.15, 0.2) is 11.6 Å². The van der Waals surface area contributed by atoms with E-state index in [-0.39, 0.29) is 17.9 Å². The Kier molecular flexibility index (Phi) is 6.82. The molecule has 4 nitrogen and oxygen atoms in total.